The molecule has 0 aromatic carbocycles. The summed E-state index contributed by atoms with van der Waals surface area (Å²) < 4.78 is 31.8. The summed E-state index contributed by atoms with van der Waals surface area (Å²) in [5, 5.41) is 4.52. The van der Waals surface area contributed by atoms with Crippen LogP contribution in [0.4, 0.5) is 4.79 Å². The van der Waals surface area contributed by atoms with Gasteiger partial charge in [-0.25, -0.2) is 14.7 Å². The SMILES string of the molecule is CC(C)(C)OC(=O)NS(N)(=O)=O.C[NH+]1CCOCC1. The van der Waals surface area contributed by atoms with E-state index < -0.39 is 21.9 Å². The van der Waals surface area contributed by atoms with Crippen LogP contribution in [0.3, 0.4) is 0 Å². The third-order valence-electron chi connectivity index (χ3n) is 1.97. The lowest BCUT2D eigenvalue weighted by molar-refractivity contribution is -0.888. The molecule has 1 amide bonds. The predicted molar refractivity (Wildman–Crippen MR) is 69.9 cm³/mol. The maximum atomic E-state index is 10.7. The van der Waals surface area contributed by atoms with Crippen LogP contribution in [0.25, 0.3) is 0 Å². The van der Waals surface area contributed by atoms with Gasteiger partial charge < -0.3 is 14.4 Å². The van der Waals surface area contributed by atoms with Crippen LogP contribution < -0.4 is 14.8 Å². The van der Waals surface area contributed by atoms with E-state index in [9.17, 15) is 13.2 Å². The zero-order valence-electron chi connectivity index (χ0n) is 11.9. The van der Waals surface area contributed by atoms with E-state index in [4.69, 9.17) is 4.74 Å². The van der Waals surface area contributed by atoms with Crippen molar-refractivity contribution in [1.82, 2.24) is 4.72 Å². The fraction of sp³-hybridized carbons (Fsp3) is 0.900. The van der Waals surface area contributed by atoms with E-state index in [0.29, 0.717) is 0 Å². The van der Waals surface area contributed by atoms with E-state index in [1.165, 1.54) is 17.8 Å². The van der Waals surface area contributed by atoms with Crippen molar-refractivity contribution in [3.63, 3.8) is 0 Å². The third-order valence-corrected chi connectivity index (χ3v) is 2.42. The Morgan fingerprint density at radius 2 is 1.79 bits per heavy atom. The van der Waals surface area contributed by atoms with Crippen molar-refractivity contribution in [2.75, 3.05) is 33.4 Å². The van der Waals surface area contributed by atoms with Crippen molar-refractivity contribution in [2.24, 2.45) is 5.14 Å². The number of rotatable bonds is 1. The van der Waals surface area contributed by atoms with Crippen molar-refractivity contribution < 1.29 is 27.6 Å². The molecule has 0 aromatic rings. The molecule has 4 N–H and O–H groups in total. The number of nitrogens with two attached hydrogens (primary N) is 1. The highest BCUT2D eigenvalue weighted by Crippen LogP contribution is 2.06. The van der Waals surface area contributed by atoms with Crippen molar-refractivity contribution in [1.29, 1.82) is 0 Å². The lowest BCUT2D eigenvalue weighted by Gasteiger charge is -2.18. The second-order valence-corrected chi connectivity index (χ2v) is 6.51. The first-order valence-electron chi connectivity index (χ1n) is 5.92. The van der Waals surface area contributed by atoms with Crippen molar-refractivity contribution in [3.05, 3.63) is 0 Å². The van der Waals surface area contributed by atoms with Gasteiger partial charge in [0.2, 0.25) is 0 Å². The van der Waals surface area contributed by atoms with Crippen LogP contribution in [0.15, 0.2) is 0 Å². The maximum Gasteiger partial charge on any atom is 0.422 e. The zero-order chi connectivity index (χ0) is 15.1. The molecule has 0 aliphatic carbocycles. The quantitative estimate of drug-likeness (QED) is 0.531. The number of nitrogens with one attached hydrogen (secondary N) is 2. The normalized spacial score (nSPS) is 17.1. The average molecular weight is 298 g/mol. The van der Waals surface area contributed by atoms with Crippen molar-refractivity contribution >= 4 is 16.3 Å². The predicted octanol–water partition coefficient (Wildman–Crippen LogP) is -1.75. The van der Waals surface area contributed by atoms with Gasteiger partial charge in [-0.3, -0.25) is 0 Å². The molecule has 1 fully saturated rings. The van der Waals surface area contributed by atoms with Crippen molar-refractivity contribution in [3.8, 4) is 0 Å². The molecular formula is C10H24N3O5S+. The summed E-state index contributed by atoms with van der Waals surface area (Å²) in [4.78, 5) is 12.3. The van der Waals surface area contributed by atoms with Gasteiger partial charge in [0.1, 0.15) is 18.7 Å². The van der Waals surface area contributed by atoms with Crippen LogP contribution in [-0.2, 0) is 19.7 Å². The van der Waals surface area contributed by atoms with Crippen LogP contribution in [-0.4, -0.2) is 53.5 Å². The summed E-state index contributed by atoms with van der Waals surface area (Å²) in [6, 6.07) is 0. The number of quaternary nitrogens is 1. The smallest absolute Gasteiger partial charge is 0.422 e. The molecule has 8 nitrogen and oxygen atoms in total. The summed E-state index contributed by atoms with van der Waals surface area (Å²) >= 11 is 0. The first-order valence-corrected chi connectivity index (χ1v) is 7.47. The molecule has 1 aliphatic heterocycles. The standard InChI is InChI=1S/C5H12N2O4S.C5H11NO/c1-5(2,3)11-4(8)7-12(6,9)10;1-6-2-4-7-5-3-6/h1-3H3,(H,7,8)(H2,6,9,10);2-5H2,1H3/p+1. The Hall–Kier alpha value is -0.900. The highest BCUT2D eigenvalue weighted by atomic mass is 32.2. The fourth-order valence-electron chi connectivity index (χ4n) is 1.13. The molecule has 0 bridgehead atoms. The van der Waals surface area contributed by atoms with Crippen LogP contribution in [0.2, 0.25) is 0 Å². The molecule has 0 radical (unpaired) electrons. The maximum absolute atomic E-state index is 10.7. The molecular weight excluding hydrogens is 274 g/mol. The first-order chi connectivity index (χ1) is 8.49. The number of likely N-dealkylation sites (N-methyl/N-ethyl adjacent to an activating group) is 1. The number of hydrogen-bond donors (Lipinski definition) is 3. The Morgan fingerprint density at radius 1 is 1.32 bits per heavy atom. The molecule has 1 aliphatic rings. The first kappa shape index (κ1) is 18.1. The van der Waals surface area contributed by atoms with E-state index in [0.717, 1.165) is 13.2 Å². The van der Waals surface area contributed by atoms with Gasteiger partial charge in [0, 0.05) is 0 Å². The van der Waals surface area contributed by atoms with Crippen LogP contribution in [0, 0.1) is 0 Å². The molecule has 0 unspecified atom stereocenters. The van der Waals surface area contributed by atoms with Gasteiger partial charge in [-0.15, -0.1) is 0 Å². The highest BCUT2D eigenvalue weighted by Gasteiger charge is 2.18. The van der Waals surface area contributed by atoms with Gasteiger partial charge in [-0.2, -0.15) is 8.42 Å². The number of morpholine rings is 1. The second-order valence-electron chi connectivity index (χ2n) is 5.22. The summed E-state index contributed by atoms with van der Waals surface area (Å²) in [6.45, 7) is 9.08. The van der Waals surface area contributed by atoms with E-state index >= 15 is 0 Å². The Balaban J connectivity index is 0.000000388. The van der Waals surface area contributed by atoms with E-state index in [2.05, 4.69) is 16.9 Å². The lowest BCUT2D eigenvalue weighted by atomic mass is 10.2. The fourth-order valence-corrected chi connectivity index (χ4v) is 1.41. The third kappa shape index (κ3) is 13.3. The number of carbonyl (C=O) groups excluding carboxylic acids is 1. The molecule has 1 heterocycles. The molecule has 0 spiro atoms. The van der Waals surface area contributed by atoms with Gasteiger partial charge in [0.05, 0.1) is 20.3 Å². The Labute approximate surface area is 114 Å². The summed E-state index contributed by atoms with van der Waals surface area (Å²) in [7, 11) is -1.82. The zero-order valence-corrected chi connectivity index (χ0v) is 12.7. The molecule has 1 rings (SSSR count). The molecule has 9 heteroatoms. The van der Waals surface area contributed by atoms with Crippen LogP contribution in [0.5, 0.6) is 0 Å². The molecule has 0 atom stereocenters. The Kier molecular flexibility index (Phi) is 7.27. The number of carbonyl (C=O) groups is 1. The van der Waals surface area contributed by atoms with Crippen molar-refractivity contribution in [2.45, 2.75) is 26.4 Å². The Morgan fingerprint density at radius 3 is 2.05 bits per heavy atom. The molecule has 0 saturated carbocycles. The topological polar surface area (TPSA) is 112 Å². The van der Waals surface area contributed by atoms with Gasteiger partial charge in [-0.1, -0.05) is 0 Å². The minimum absolute atomic E-state index is 0.741. The molecule has 114 valence electrons. The van der Waals surface area contributed by atoms with Gasteiger partial charge in [0.25, 0.3) is 0 Å². The van der Waals surface area contributed by atoms with Crippen LogP contribution >= 0.6 is 0 Å². The molecule has 0 aromatic heterocycles. The molecule has 1 saturated heterocycles. The number of hydrogen-bond acceptors (Lipinski definition) is 5. The highest BCUT2D eigenvalue weighted by molar-refractivity contribution is 7.87. The number of amides is 1. The molecule has 19 heavy (non-hydrogen) atoms. The van der Waals surface area contributed by atoms with Gasteiger partial charge in [0.15, 0.2) is 0 Å². The monoisotopic (exact) mass is 298 g/mol. The lowest BCUT2D eigenvalue weighted by Crippen LogP contribution is -3.11. The average Bonchev–Trinajstić information content (AvgIpc) is 2.13. The van der Waals surface area contributed by atoms with E-state index in [1.54, 1.807) is 25.7 Å². The minimum Gasteiger partial charge on any atom is -0.443 e. The summed E-state index contributed by atoms with van der Waals surface area (Å²) in [5.74, 6) is 0. The largest absolute Gasteiger partial charge is 0.443 e. The number of ether oxygens (including phenoxy) is 2. The van der Waals surface area contributed by atoms with Crippen LogP contribution in [0.1, 0.15) is 20.8 Å². The van der Waals surface area contributed by atoms with Gasteiger partial charge >= 0.3 is 16.3 Å². The van der Waals surface area contributed by atoms with Gasteiger partial charge in [-0.05, 0) is 20.8 Å². The van der Waals surface area contributed by atoms with E-state index in [1.807, 2.05) is 0 Å². The minimum atomic E-state index is -4.02. The summed E-state index contributed by atoms with van der Waals surface area (Å²) in [6.07, 6.45) is -1.08. The second kappa shape index (κ2) is 7.63. The Bertz CT molecular complexity index is 371. The summed E-state index contributed by atoms with van der Waals surface area (Å²) in [5.41, 5.74) is -0.741. The van der Waals surface area contributed by atoms with E-state index in [-0.39, 0.29) is 0 Å².